The number of carbonyl (C=O) groups excluding carboxylic acids is 1. The summed E-state index contributed by atoms with van der Waals surface area (Å²) < 4.78 is 5.40. The lowest BCUT2D eigenvalue weighted by molar-refractivity contribution is -0.121. The largest absolute Gasteiger partial charge is 0.377 e. The number of hydrazine groups is 1. The lowest BCUT2D eigenvalue weighted by atomic mass is 10.2. The average Bonchev–Trinajstić information content (AvgIpc) is 2.64. The molecule has 13 heavy (non-hydrogen) atoms. The maximum Gasteiger partial charge on any atom is 0.235 e. The molecular weight excluding hydrogens is 170 g/mol. The molecule has 1 amide bonds. The fraction of sp³-hybridized carbons (Fsp3) is 0.875. The van der Waals surface area contributed by atoms with Crippen molar-refractivity contribution in [3.63, 3.8) is 0 Å². The third-order valence-electron chi connectivity index (χ3n) is 2.09. The van der Waals surface area contributed by atoms with E-state index in [0.29, 0.717) is 19.1 Å². The van der Waals surface area contributed by atoms with Crippen molar-refractivity contribution in [1.82, 2.24) is 10.7 Å². The van der Waals surface area contributed by atoms with E-state index in [4.69, 9.17) is 10.6 Å². The van der Waals surface area contributed by atoms with Gasteiger partial charge in [-0.25, -0.2) is 5.84 Å². The molecule has 5 heteroatoms. The summed E-state index contributed by atoms with van der Waals surface area (Å²) in [6, 6.07) is 0. The van der Waals surface area contributed by atoms with E-state index in [0.717, 1.165) is 26.0 Å². The van der Waals surface area contributed by atoms with E-state index in [1.54, 1.807) is 0 Å². The van der Waals surface area contributed by atoms with Crippen molar-refractivity contribution in [2.75, 3.05) is 19.7 Å². The quantitative estimate of drug-likeness (QED) is 0.226. The number of nitrogens with two attached hydrogens (primary N) is 1. The summed E-state index contributed by atoms with van der Waals surface area (Å²) in [6.45, 7) is 2.36. The van der Waals surface area contributed by atoms with Crippen molar-refractivity contribution in [3.05, 3.63) is 0 Å². The van der Waals surface area contributed by atoms with Gasteiger partial charge in [-0.3, -0.25) is 10.2 Å². The Bertz CT molecular complexity index is 157. The van der Waals surface area contributed by atoms with E-state index in [1.165, 1.54) is 0 Å². The van der Waals surface area contributed by atoms with Crippen molar-refractivity contribution in [2.24, 2.45) is 5.84 Å². The van der Waals surface area contributed by atoms with Crippen molar-refractivity contribution in [3.8, 4) is 0 Å². The molecule has 1 aliphatic rings. The first-order valence-corrected chi connectivity index (χ1v) is 4.64. The molecule has 0 aromatic heterocycles. The van der Waals surface area contributed by atoms with Crippen LogP contribution in [0.5, 0.6) is 0 Å². The standard InChI is InChI=1S/C8H17N3O2/c9-11-8(12)3-4-10-6-7-2-1-5-13-7/h7,10H,1-6,9H2,(H,11,12)/t7-/m0/s1. The molecule has 0 aromatic rings. The van der Waals surface area contributed by atoms with Gasteiger partial charge in [-0.2, -0.15) is 0 Å². The van der Waals surface area contributed by atoms with E-state index < -0.39 is 0 Å². The van der Waals surface area contributed by atoms with E-state index >= 15 is 0 Å². The van der Waals surface area contributed by atoms with Gasteiger partial charge < -0.3 is 10.1 Å². The lowest BCUT2D eigenvalue weighted by Gasteiger charge is -2.09. The molecule has 4 N–H and O–H groups in total. The minimum atomic E-state index is -0.139. The Kier molecular flexibility index (Phi) is 4.74. The smallest absolute Gasteiger partial charge is 0.235 e. The number of carbonyl (C=O) groups is 1. The molecule has 5 nitrogen and oxygen atoms in total. The fourth-order valence-corrected chi connectivity index (χ4v) is 1.34. The molecule has 1 heterocycles. The van der Waals surface area contributed by atoms with Gasteiger partial charge in [0, 0.05) is 26.1 Å². The SMILES string of the molecule is NNC(=O)CCNC[C@@H]1CCCO1. The minimum Gasteiger partial charge on any atom is -0.377 e. The number of rotatable bonds is 5. The normalized spacial score (nSPS) is 21.8. The molecule has 1 saturated heterocycles. The first-order chi connectivity index (χ1) is 6.33. The molecule has 0 aliphatic carbocycles. The van der Waals surface area contributed by atoms with E-state index in [2.05, 4.69) is 10.7 Å². The van der Waals surface area contributed by atoms with Crippen LogP contribution >= 0.6 is 0 Å². The molecule has 0 bridgehead atoms. The summed E-state index contributed by atoms with van der Waals surface area (Å²) in [4.78, 5) is 10.7. The van der Waals surface area contributed by atoms with Gasteiger partial charge in [0.25, 0.3) is 0 Å². The molecule has 0 radical (unpaired) electrons. The van der Waals surface area contributed by atoms with Crippen LogP contribution in [0.2, 0.25) is 0 Å². The van der Waals surface area contributed by atoms with Gasteiger partial charge >= 0.3 is 0 Å². The highest BCUT2D eigenvalue weighted by molar-refractivity contribution is 5.75. The topological polar surface area (TPSA) is 76.4 Å². The second-order valence-corrected chi connectivity index (χ2v) is 3.16. The van der Waals surface area contributed by atoms with Gasteiger partial charge in [-0.15, -0.1) is 0 Å². The summed E-state index contributed by atoms with van der Waals surface area (Å²) in [6.07, 6.45) is 3.02. The summed E-state index contributed by atoms with van der Waals surface area (Å²) >= 11 is 0. The highest BCUT2D eigenvalue weighted by Crippen LogP contribution is 2.10. The fourth-order valence-electron chi connectivity index (χ4n) is 1.34. The summed E-state index contributed by atoms with van der Waals surface area (Å²) in [7, 11) is 0. The molecule has 0 aromatic carbocycles. The van der Waals surface area contributed by atoms with Gasteiger partial charge in [0.05, 0.1) is 6.10 Å². The van der Waals surface area contributed by atoms with Gasteiger partial charge in [-0.1, -0.05) is 0 Å². The number of hydrogen-bond donors (Lipinski definition) is 3. The monoisotopic (exact) mass is 187 g/mol. The van der Waals surface area contributed by atoms with E-state index in [-0.39, 0.29) is 5.91 Å². The average molecular weight is 187 g/mol. The highest BCUT2D eigenvalue weighted by Gasteiger charge is 2.14. The van der Waals surface area contributed by atoms with Crippen LogP contribution in [0.4, 0.5) is 0 Å². The van der Waals surface area contributed by atoms with Crippen molar-refractivity contribution < 1.29 is 9.53 Å². The van der Waals surface area contributed by atoms with E-state index in [1.807, 2.05) is 0 Å². The van der Waals surface area contributed by atoms with E-state index in [9.17, 15) is 4.79 Å². The zero-order valence-corrected chi connectivity index (χ0v) is 7.71. The molecule has 0 spiro atoms. The van der Waals surface area contributed by atoms with Gasteiger partial charge in [-0.05, 0) is 12.8 Å². The third-order valence-corrected chi connectivity index (χ3v) is 2.09. The first-order valence-electron chi connectivity index (χ1n) is 4.64. The Balaban J connectivity index is 1.91. The Hall–Kier alpha value is -0.650. The molecular formula is C8H17N3O2. The Labute approximate surface area is 78.0 Å². The second-order valence-electron chi connectivity index (χ2n) is 3.16. The molecule has 1 atom stereocenters. The molecule has 0 unspecified atom stereocenters. The Morgan fingerprint density at radius 2 is 2.46 bits per heavy atom. The van der Waals surface area contributed by atoms with Crippen molar-refractivity contribution in [2.45, 2.75) is 25.4 Å². The number of ether oxygens (including phenoxy) is 1. The van der Waals surface area contributed by atoms with Gasteiger partial charge in [0.2, 0.25) is 5.91 Å². The first kappa shape index (κ1) is 10.4. The molecule has 1 fully saturated rings. The summed E-state index contributed by atoms with van der Waals surface area (Å²) in [5, 5.41) is 3.15. The summed E-state index contributed by atoms with van der Waals surface area (Å²) in [5.41, 5.74) is 2.08. The van der Waals surface area contributed by atoms with Crippen LogP contribution in [-0.4, -0.2) is 31.7 Å². The molecule has 76 valence electrons. The van der Waals surface area contributed by atoms with Crippen LogP contribution in [0.1, 0.15) is 19.3 Å². The Morgan fingerprint density at radius 3 is 3.08 bits per heavy atom. The number of amides is 1. The third kappa shape index (κ3) is 4.21. The maximum atomic E-state index is 10.7. The lowest BCUT2D eigenvalue weighted by Crippen LogP contribution is -2.34. The van der Waals surface area contributed by atoms with Crippen LogP contribution in [0.25, 0.3) is 0 Å². The maximum absolute atomic E-state index is 10.7. The van der Waals surface area contributed by atoms with Gasteiger partial charge in [0.15, 0.2) is 0 Å². The van der Waals surface area contributed by atoms with Crippen molar-refractivity contribution >= 4 is 5.91 Å². The molecule has 1 aliphatic heterocycles. The van der Waals surface area contributed by atoms with Crippen LogP contribution < -0.4 is 16.6 Å². The highest BCUT2D eigenvalue weighted by atomic mass is 16.5. The molecule has 1 rings (SSSR count). The van der Waals surface area contributed by atoms with Gasteiger partial charge in [0.1, 0.15) is 0 Å². The predicted molar refractivity (Wildman–Crippen MR) is 48.8 cm³/mol. The predicted octanol–water partition coefficient (Wildman–Crippen LogP) is -0.865. The zero-order chi connectivity index (χ0) is 9.52. The second kappa shape index (κ2) is 5.90. The van der Waals surface area contributed by atoms with Crippen LogP contribution in [0, 0.1) is 0 Å². The van der Waals surface area contributed by atoms with Crippen molar-refractivity contribution in [1.29, 1.82) is 0 Å². The molecule has 0 saturated carbocycles. The number of nitrogens with one attached hydrogen (secondary N) is 2. The zero-order valence-electron chi connectivity index (χ0n) is 7.71. The Morgan fingerprint density at radius 1 is 1.62 bits per heavy atom. The minimum absolute atomic E-state index is 0.139. The van der Waals surface area contributed by atoms with Crippen LogP contribution in [0.15, 0.2) is 0 Å². The number of hydrogen-bond acceptors (Lipinski definition) is 4. The van der Waals surface area contributed by atoms with Crippen LogP contribution in [0.3, 0.4) is 0 Å². The van der Waals surface area contributed by atoms with Crippen LogP contribution in [-0.2, 0) is 9.53 Å². The summed E-state index contributed by atoms with van der Waals surface area (Å²) in [5.74, 6) is 4.79.